The number of hydrogen-bond donors (Lipinski definition) is 0. The number of halogens is 6. The summed E-state index contributed by atoms with van der Waals surface area (Å²) in [6.07, 6.45) is -5.60. The molecule has 5 aromatic carbocycles. The molecule has 0 spiro atoms. The Labute approximate surface area is 263 Å². The highest BCUT2D eigenvalue weighted by atomic mass is 31.2. The summed E-state index contributed by atoms with van der Waals surface area (Å²) in [4.78, 5) is 0. The predicted octanol–water partition coefficient (Wildman–Crippen LogP) is 10.2. The van der Waals surface area contributed by atoms with E-state index in [9.17, 15) is 26.3 Å². The van der Waals surface area contributed by atoms with Crippen molar-refractivity contribution in [3.63, 3.8) is 0 Å². The lowest BCUT2D eigenvalue weighted by Crippen LogP contribution is -2.26. The van der Waals surface area contributed by atoms with Gasteiger partial charge in [-0.05, 0) is 48.9 Å². The summed E-state index contributed by atoms with van der Waals surface area (Å²) in [5.41, 5.74) is 2.31. The van der Waals surface area contributed by atoms with Gasteiger partial charge in [-0.25, -0.2) is 0 Å². The monoisotopic (exact) mass is 663 g/mol. The maximum absolute atomic E-state index is 15.3. The van der Waals surface area contributed by atoms with Gasteiger partial charge in [0.05, 0.1) is 21.5 Å². The van der Waals surface area contributed by atoms with Gasteiger partial charge in [-0.3, -0.25) is 4.57 Å². The van der Waals surface area contributed by atoms with E-state index in [1.165, 1.54) is 16.7 Å². The van der Waals surface area contributed by atoms with Crippen LogP contribution in [0.4, 0.5) is 26.3 Å². The van der Waals surface area contributed by atoms with E-state index in [2.05, 4.69) is 0 Å². The van der Waals surface area contributed by atoms with Crippen molar-refractivity contribution in [2.45, 2.75) is 6.92 Å². The van der Waals surface area contributed by atoms with Gasteiger partial charge in [-0.1, -0.05) is 66.2 Å². The molecule has 0 saturated carbocycles. The summed E-state index contributed by atoms with van der Waals surface area (Å²) in [5, 5.41) is -0.368. The molecule has 47 heavy (non-hydrogen) atoms. The number of hydrogen-bond acceptors (Lipinski definition) is 4. The third kappa shape index (κ3) is 4.94. The predicted molar refractivity (Wildman–Crippen MR) is 167 cm³/mol. The molecule has 1 atom stereocenters. The van der Waals surface area contributed by atoms with Crippen LogP contribution in [0.3, 0.4) is 0 Å². The van der Waals surface area contributed by atoms with Crippen molar-refractivity contribution in [2.24, 2.45) is 0 Å². The number of aromatic nitrogens is 1. The molecule has 1 aromatic heterocycles. The minimum atomic E-state index is -4.54. The van der Waals surface area contributed by atoms with Crippen LogP contribution in [-0.4, -0.2) is 4.57 Å². The number of benzene rings is 5. The van der Waals surface area contributed by atoms with Gasteiger partial charge in [-0.15, -0.1) is 0 Å². The minimum absolute atomic E-state index is 0.0784. The lowest BCUT2D eigenvalue weighted by Gasteiger charge is -2.30. The normalized spacial score (nSPS) is 15.0. The van der Waals surface area contributed by atoms with Crippen LogP contribution in [0.1, 0.15) is 5.56 Å². The number of ether oxygens (including phenoxy) is 2. The first-order valence-electron chi connectivity index (χ1n) is 14.0. The van der Waals surface area contributed by atoms with Crippen molar-refractivity contribution in [1.29, 1.82) is 0 Å². The van der Waals surface area contributed by atoms with Crippen molar-refractivity contribution in [1.82, 2.24) is 4.57 Å². The molecule has 2 heterocycles. The molecular formula is C35H20F6NO4P. The van der Waals surface area contributed by atoms with E-state index in [1.807, 2.05) is 0 Å². The van der Waals surface area contributed by atoms with Gasteiger partial charge < -0.3 is 18.6 Å². The van der Waals surface area contributed by atoms with Gasteiger partial charge in [0, 0.05) is 22.7 Å². The molecule has 0 bridgehead atoms. The SMILES string of the molecule is Cc1ccc2c(c1)c1c(OC(F)=C(F)F)c(P3(=O)Oc4ccccc4-c4ccccc43)cc(OC(F)=C(F)F)c1n2-c1ccccc1. The Hall–Kier alpha value is -5.41. The maximum Gasteiger partial charge on any atom is 0.344 e. The number of aryl methyl sites for hydroxylation is 1. The molecule has 1 unspecified atom stereocenters. The highest BCUT2D eigenvalue weighted by Crippen LogP contribution is 2.58. The maximum atomic E-state index is 15.3. The van der Waals surface area contributed by atoms with Crippen LogP contribution in [0.25, 0.3) is 38.6 Å². The van der Waals surface area contributed by atoms with Crippen molar-refractivity contribution < 1.29 is 44.9 Å². The Morgan fingerprint density at radius 3 is 2.06 bits per heavy atom. The third-order valence-corrected chi connectivity index (χ3v) is 10.2. The summed E-state index contributed by atoms with van der Waals surface area (Å²) in [5.74, 6) is -1.12. The number of nitrogens with zero attached hydrogens (tertiary/aromatic N) is 1. The van der Waals surface area contributed by atoms with Crippen LogP contribution in [0.5, 0.6) is 17.2 Å². The van der Waals surface area contributed by atoms with E-state index in [1.54, 1.807) is 91.9 Å². The molecular weight excluding hydrogens is 643 g/mol. The molecule has 7 rings (SSSR count). The van der Waals surface area contributed by atoms with Crippen molar-refractivity contribution in [2.75, 3.05) is 0 Å². The average molecular weight is 664 g/mol. The molecule has 0 radical (unpaired) electrons. The van der Waals surface area contributed by atoms with Crippen LogP contribution in [0, 0.1) is 6.92 Å². The quantitative estimate of drug-likeness (QED) is 0.101. The largest absolute Gasteiger partial charge is 0.436 e. The first kappa shape index (κ1) is 30.3. The van der Waals surface area contributed by atoms with E-state index >= 15 is 4.57 Å². The summed E-state index contributed by atoms with van der Waals surface area (Å²) >= 11 is 0. The second-order valence-corrected chi connectivity index (χ2v) is 12.8. The summed E-state index contributed by atoms with van der Waals surface area (Å²) in [6.45, 7) is 1.73. The number of fused-ring (bicyclic) bond motifs is 6. The topological polar surface area (TPSA) is 49.7 Å². The van der Waals surface area contributed by atoms with Crippen LogP contribution in [0.15, 0.2) is 127 Å². The summed E-state index contributed by atoms with van der Waals surface area (Å²) < 4.78 is 118. The lowest BCUT2D eigenvalue weighted by molar-refractivity contribution is 0.240. The second kappa shape index (κ2) is 11.4. The van der Waals surface area contributed by atoms with Crippen LogP contribution < -0.4 is 24.6 Å². The highest BCUT2D eigenvalue weighted by Gasteiger charge is 2.43. The third-order valence-electron chi connectivity index (χ3n) is 7.73. The standard InChI is InChI=1S/C35H20F6NO4P/c1-19-15-16-24-23(17-19)29-30(42(24)20-9-3-2-4-10-20)26(44-34(40)32(36)37)18-28(31(29)45-35(41)33(38)39)47(43)27-14-8-6-12-22(27)21-11-5-7-13-25(21)46-47/h2-18H,1H3. The molecule has 1 aliphatic heterocycles. The molecule has 1 aliphatic rings. The van der Waals surface area contributed by atoms with Gasteiger partial charge in [0.25, 0.3) is 0 Å². The van der Waals surface area contributed by atoms with Crippen molar-refractivity contribution >= 4 is 39.8 Å². The number of para-hydroxylation sites is 2. The molecule has 236 valence electrons. The molecule has 5 nitrogen and oxygen atoms in total. The fourth-order valence-corrected chi connectivity index (χ4v) is 8.26. The van der Waals surface area contributed by atoms with Crippen LogP contribution in [0.2, 0.25) is 0 Å². The Balaban J connectivity index is 1.70. The van der Waals surface area contributed by atoms with E-state index in [-0.39, 0.29) is 27.3 Å². The fraction of sp³-hybridized carbons (Fsp3) is 0.0286. The van der Waals surface area contributed by atoms with Gasteiger partial charge in [0.1, 0.15) is 11.3 Å². The molecule has 0 fully saturated rings. The van der Waals surface area contributed by atoms with Gasteiger partial charge in [-0.2, -0.15) is 26.3 Å². The van der Waals surface area contributed by atoms with E-state index < -0.39 is 48.4 Å². The van der Waals surface area contributed by atoms with Crippen molar-refractivity contribution in [3.05, 3.63) is 133 Å². The fourth-order valence-electron chi connectivity index (χ4n) is 5.86. The van der Waals surface area contributed by atoms with Crippen LogP contribution in [-0.2, 0) is 4.57 Å². The van der Waals surface area contributed by atoms with Gasteiger partial charge >= 0.3 is 31.6 Å². The van der Waals surface area contributed by atoms with E-state index in [4.69, 9.17) is 14.0 Å². The van der Waals surface area contributed by atoms with E-state index in [0.717, 1.165) is 6.07 Å². The Bertz CT molecular complexity index is 2340. The molecule has 0 aliphatic carbocycles. The lowest BCUT2D eigenvalue weighted by atomic mass is 10.0. The molecule has 6 aromatic rings. The highest BCUT2D eigenvalue weighted by molar-refractivity contribution is 7.75. The molecule has 0 amide bonds. The Morgan fingerprint density at radius 1 is 0.702 bits per heavy atom. The zero-order valence-corrected chi connectivity index (χ0v) is 25.0. The van der Waals surface area contributed by atoms with Gasteiger partial charge in [0.2, 0.25) is 0 Å². The molecule has 12 heteroatoms. The zero-order valence-electron chi connectivity index (χ0n) is 24.1. The van der Waals surface area contributed by atoms with Gasteiger partial charge in [0.15, 0.2) is 11.5 Å². The minimum Gasteiger partial charge on any atom is -0.436 e. The second-order valence-electron chi connectivity index (χ2n) is 10.6. The first-order valence-corrected chi connectivity index (χ1v) is 15.6. The van der Waals surface area contributed by atoms with Crippen LogP contribution >= 0.6 is 7.37 Å². The van der Waals surface area contributed by atoms with E-state index in [0.29, 0.717) is 27.9 Å². The van der Waals surface area contributed by atoms with Crippen molar-refractivity contribution in [3.8, 4) is 34.1 Å². The molecule has 0 N–H and O–H groups in total. The smallest absolute Gasteiger partial charge is 0.344 e. The summed E-state index contributed by atoms with van der Waals surface area (Å²) in [7, 11) is -4.54. The first-order chi connectivity index (χ1) is 22.6. The average Bonchev–Trinajstić information content (AvgIpc) is 3.40. The zero-order chi connectivity index (χ0) is 33.0. The summed E-state index contributed by atoms with van der Waals surface area (Å²) in [6, 6.07) is 22.7. The Morgan fingerprint density at radius 2 is 1.34 bits per heavy atom. The molecule has 0 saturated heterocycles. The number of rotatable bonds is 6. The Kier molecular flexibility index (Phi) is 7.36.